The number of benzene rings is 1. The maximum atomic E-state index is 6.42. The summed E-state index contributed by atoms with van der Waals surface area (Å²) in [5.74, 6) is 0. The van der Waals surface area contributed by atoms with Gasteiger partial charge in [0.1, 0.15) is 0 Å². The minimum atomic E-state index is 0.626. The Labute approximate surface area is 122 Å². The van der Waals surface area contributed by atoms with Gasteiger partial charge in [-0.2, -0.15) is 0 Å². The molecule has 2 unspecified atom stereocenters. The van der Waals surface area contributed by atoms with Crippen LogP contribution in [0.15, 0.2) is 18.2 Å². The van der Waals surface area contributed by atoms with Gasteiger partial charge in [0, 0.05) is 29.3 Å². The van der Waals surface area contributed by atoms with Crippen LogP contribution in [0.5, 0.6) is 0 Å². The molecule has 2 atom stereocenters. The molecule has 1 N–H and O–H groups in total. The Morgan fingerprint density at radius 1 is 1.32 bits per heavy atom. The average Bonchev–Trinajstić information content (AvgIpc) is 2.78. The molecule has 1 aromatic carbocycles. The molecular formula is C16H25ClN2. The topological polar surface area (TPSA) is 15.3 Å². The second kappa shape index (κ2) is 6.62. The highest BCUT2D eigenvalue weighted by molar-refractivity contribution is 6.31. The lowest BCUT2D eigenvalue weighted by atomic mass is 10.1. The number of hydrogen-bond donors (Lipinski definition) is 1. The zero-order valence-corrected chi connectivity index (χ0v) is 13.0. The molecule has 0 spiro atoms. The summed E-state index contributed by atoms with van der Waals surface area (Å²) in [5.41, 5.74) is 2.47. The second-order valence-corrected chi connectivity index (χ2v) is 5.86. The first-order valence-corrected chi connectivity index (χ1v) is 7.82. The van der Waals surface area contributed by atoms with Crippen molar-refractivity contribution in [3.63, 3.8) is 0 Å². The third-order valence-electron chi connectivity index (χ3n) is 4.16. The first-order chi connectivity index (χ1) is 9.17. The Morgan fingerprint density at radius 3 is 2.74 bits per heavy atom. The minimum Gasteiger partial charge on any atom is -0.366 e. The van der Waals surface area contributed by atoms with E-state index in [1.165, 1.54) is 30.5 Å². The van der Waals surface area contributed by atoms with E-state index >= 15 is 0 Å². The number of halogens is 1. The van der Waals surface area contributed by atoms with Crippen LogP contribution in [-0.4, -0.2) is 18.6 Å². The maximum Gasteiger partial charge on any atom is 0.0471 e. The molecule has 3 heteroatoms. The average molecular weight is 281 g/mol. The van der Waals surface area contributed by atoms with Gasteiger partial charge in [0.05, 0.1) is 0 Å². The summed E-state index contributed by atoms with van der Waals surface area (Å²) in [5, 5.41) is 4.21. The Hall–Kier alpha value is -0.730. The van der Waals surface area contributed by atoms with Crippen LogP contribution in [-0.2, 0) is 6.54 Å². The van der Waals surface area contributed by atoms with Gasteiger partial charge in [-0.05, 0) is 50.4 Å². The van der Waals surface area contributed by atoms with Crippen LogP contribution in [0.1, 0.15) is 45.6 Å². The van der Waals surface area contributed by atoms with E-state index in [9.17, 15) is 0 Å². The van der Waals surface area contributed by atoms with E-state index < -0.39 is 0 Å². The van der Waals surface area contributed by atoms with Crippen LogP contribution in [0.2, 0.25) is 5.02 Å². The molecule has 19 heavy (non-hydrogen) atoms. The predicted molar refractivity (Wildman–Crippen MR) is 84.1 cm³/mol. The molecule has 1 heterocycles. The molecule has 0 radical (unpaired) electrons. The fourth-order valence-electron chi connectivity index (χ4n) is 3.04. The molecule has 1 saturated heterocycles. The highest BCUT2D eigenvalue weighted by Gasteiger charge is 2.29. The SMILES string of the molecule is CCNCc1ccc(N2C(C)CCC2CC)cc1Cl. The van der Waals surface area contributed by atoms with Crippen molar-refractivity contribution in [1.82, 2.24) is 5.32 Å². The summed E-state index contributed by atoms with van der Waals surface area (Å²) in [6.45, 7) is 8.52. The number of nitrogens with one attached hydrogen (secondary N) is 1. The van der Waals surface area contributed by atoms with Gasteiger partial charge in [0.15, 0.2) is 0 Å². The minimum absolute atomic E-state index is 0.626. The van der Waals surface area contributed by atoms with Crippen molar-refractivity contribution in [3.05, 3.63) is 28.8 Å². The van der Waals surface area contributed by atoms with Gasteiger partial charge in [-0.25, -0.2) is 0 Å². The molecule has 1 aliphatic heterocycles. The molecule has 0 aromatic heterocycles. The van der Waals surface area contributed by atoms with E-state index in [4.69, 9.17) is 11.6 Å². The lowest BCUT2D eigenvalue weighted by Gasteiger charge is -2.30. The summed E-state index contributed by atoms with van der Waals surface area (Å²) in [6, 6.07) is 7.83. The molecule has 106 valence electrons. The second-order valence-electron chi connectivity index (χ2n) is 5.45. The van der Waals surface area contributed by atoms with Gasteiger partial charge in [0.25, 0.3) is 0 Å². The Bertz CT molecular complexity index is 419. The van der Waals surface area contributed by atoms with Gasteiger partial charge in [-0.3, -0.25) is 0 Å². The third-order valence-corrected chi connectivity index (χ3v) is 4.51. The van der Waals surface area contributed by atoms with E-state index in [-0.39, 0.29) is 0 Å². The maximum absolute atomic E-state index is 6.42. The summed E-state index contributed by atoms with van der Waals surface area (Å²) in [7, 11) is 0. The monoisotopic (exact) mass is 280 g/mol. The Kier molecular flexibility index (Phi) is 5.12. The summed E-state index contributed by atoms with van der Waals surface area (Å²) in [6.07, 6.45) is 3.80. The first-order valence-electron chi connectivity index (χ1n) is 7.44. The van der Waals surface area contributed by atoms with Gasteiger partial charge >= 0.3 is 0 Å². The fourth-order valence-corrected chi connectivity index (χ4v) is 3.28. The molecule has 1 aromatic rings. The first kappa shape index (κ1) is 14.7. The lowest BCUT2D eigenvalue weighted by Crippen LogP contribution is -2.34. The van der Waals surface area contributed by atoms with Crippen LogP contribution >= 0.6 is 11.6 Å². The Morgan fingerprint density at radius 2 is 2.11 bits per heavy atom. The summed E-state index contributed by atoms with van der Waals surface area (Å²) >= 11 is 6.42. The summed E-state index contributed by atoms with van der Waals surface area (Å²) in [4.78, 5) is 2.54. The van der Waals surface area contributed by atoms with Gasteiger partial charge < -0.3 is 10.2 Å². The zero-order chi connectivity index (χ0) is 13.8. The molecule has 0 bridgehead atoms. The fraction of sp³-hybridized carbons (Fsp3) is 0.625. The van der Waals surface area contributed by atoms with Crippen molar-refractivity contribution in [2.75, 3.05) is 11.4 Å². The highest BCUT2D eigenvalue weighted by atomic mass is 35.5. The van der Waals surface area contributed by atoms with Crippen LogP contribution in [0.25, 0.3) is 0 Å². The van der Waals surface area contributed by atoms with Crippen LogP contribution in [0.3, 0.4) is 0 Å². The number of anilines is 1. The van der Waals surface area contributed by atoms with Crippen LogP contribution < -0.4 is 10.2 Å². The van der Waals surface area contributed by atoms with Gasteiger partial charge in [-0.15, -0.1) is 0 Å². The van der Waals surface area contributed by atoms with Crippen molar-refractivity contribution in [3.8, 4) is 0 Å². The van der Waals surface area contributed by atoms with Crippen molar-refractivity contribution in [2.24, 2.45) is 0 Å². The van der Waals surface area contributed by atoms with Gasteiger partial charge in [-0.1, -0.05) is 31.5 Å². The van der Waals surface area contributed by atoms with E-state index in [1.807, 2.05) is 0 Å². The van der Waals surface area contributed by atoms with E-state index in [1.54, 1.807) is 0 Å². The van der Waals surface area contributed by atoms with Crippen LogP contribution in [0.4, 0.5) is 5.69 Å². The normalized spacial score (nSPS) is 23.1. The number of rotatable bonds is 5. The molecule has 2 nitrogen and oxygen atoms in total. The van der Waals surface area contributed by atoms with Crippen molar-refractivity contribution in [1.29, 1.82) is 0 Å². The Balaban J connectivity index is 2.18. The zero-order valence-electron chi connectivity index (χ0n) is 12.2. The van der Waals surface area contributed by atoms with Crippen molar-refractivity contribution in [2.45, 2.75) is 58.7 Å². The predicted octanol–water partition coefficient (Wildman–Crippen LogP) is 4.22. The lowest BCUT2D eigenvalue weighted by molar-refractivity contribution is 0.628. The molecule has 0 saturated carbocycles. The number of hydrogen-bond acceptors (Lipinski definition) is 2. The molecule has 1 fully saturated rings. The third kappa shape index (κ3) is 3.24. The molecule has 0 amide bonds. The largest absolute Gasteiger partial charge is 0.366 e. The van der Waals surface area contributed by atoms with Crippen molar-refractivity contribution < 1.29 is 0 Å². The van der Waals surface area contributed by atoms with Crippen LogP contribution in [0, 0.1) is 0 Å². The summed E-state index contributed by atoms with van der Waals surface area (Å²) < 4.78 is 0. The van der Waals surface area contributed by atoms with Gasteiger partial charge in [0.2, 0.25) is 0 Å². The quantitative estimate of drug-likeness (QED) is 0.869. The molecule has 2 rings (SSSR count). The standard InChI is InChI=1S/C16H25ClN2/c1-4-14-8-6-12(3)19(14)15-9-7-13(11-18-5-2)16(17)10-15/h7,9-10,12,14,18H,4-6,8,11H2,1-3H3. The molecule has 1 aliphatic rings. The smallest absolute Gasteiger partial charge is 0.0471 e. The van der Waals surface area contributed by atoms with E-state index in [0.717, 1.165) is 18.1 Å². The van der Waals surface area contributed by atoms with E-state index in [0.29, 0.717) is 12.1 Å². The molecule has 0 aliphatic carbocycles. The molecular weight excluding hydrogens is 256 g/mol. The number of nitrogens with zero attached hydrogens (tertiary/aromatic N) is 1. The van der Waals surface area contributed by atoms with Crippen molar-refractivity contribution >= 4 is 17.3 Å². The van der Waals surface area contributed by atoms with E-state index in [2.05, 4.69) is 49.2 Å². The highest BCUT2D eigenvalue weighted by Crippen LogP contribution is 2.34.